The zero-order valence-electron chi connectivity index (χ0n) is 15.4. The lowest BCUT2D eigenvalue weighted by molar-refractivity contribution is 0.102. The van der Waals surface area contributed by atoms with Gasteiger partial charge in [0.15, 0.2) is 0 Å². The highest BCUT2D eigenvalue weighted by Crippen LogP contribution is 2.25. The van der Waals surface area contributed by atoms with E-state index >= 15 is 0 Å². The molecular weight excluding hydrogens is 360 g/mol. The van der Waals surface area contributed by atoms with Crippen LogP contribution < -0.4 is 10.6 Å². The molecule has 0 aliphatic heterocycles. The Labute approximate surface area is 162 Å². The Morgan fingerprint density at radius 2 is 2.11 bits per heavy atom. The molecule has 7 heteroatoms. The van der Waals surface area contributed by atoms with E-state index in [9.17, 15) is 4.79 Å². The van der Waals surface area contributed by atoms with E-state index in [-0.39, 0.29) is 5.91 Å². The Morgan fingerprint density at radius 1 is 1.22 bits per heavy atom. The van der Waals surface area contributed by atoms with Gasteiger partial charge in [0, 0.05) is 30.2 Å². The minimum absolute atomic E-state index is 0.178. The van der Waals surface area contributed by atoms with Crippen molar-refractivity contribution in [3.05, 3.63) is 71.2 Å². The highest BCUT2D eigenvalue weighted by atomic mass is 32.2. The van der Waals surface area contributed by atoms with Gasteiger partial charge < -0.3 is 15.2 Å². The third kappa shape index (κ3) is 5.42. The van der Waals surface area contributed by atoms with Gasteiger partial charge in [-0.2, -0.15) is 0 Å². The second-order valence-electron chi connectivity index (χ2n) is 6.01. The van der Waals surface area contributed by atoms with Crippen molar-refractivity contribution in [1.82, 2.24) is 15.5 Å². The van der Waals surface area contributed by atoms with Crippen molar-refractivity contribution in [2.45, 2.75) is 31.2 Å². The number of hydrogen-bond acceptors (Lipinski definition) is 6. The molecule has 2 heterocycles. The Kier molecular flexibility index (Phi) is 6.62. The van der Waals surface area contributed by atoms with Gasteiger partial charge in [0.05, 0.1) is 11.3 Å². The van der Waals surface area contributed by atoms with Crippen molar-refractivity contribution in [3.63, 3.8) is 0 Å². The fourth-order valence-electron chi connectivity index (χ4n) is 2.53. The summed E-state index contributed by atoms with van der Waals surface area (Å²) in [5, 5.41) is 10.9. The number of aryl methyl sites for hydroxylation is 1. The Morgan fingerprint density at radius 3 is 2.89 bits per heavy atom. The molecule has 0 aliphatic carbocycles. The van der Waals surface area contributed by atoms with Crippen molar-refractivity contribution in [3.8, 4) is 0 Å². The third-order valence-electron chi connectivity index (χ3n) is 3.81. The second kappa shape index (κ2) is 9.34. The number of nitrogens with one attached hydrogen (secondary N) is 2. The van der Waals surface area contributed by atoms with Crippen molar-refractivity contribution >= 4 is 23.4 Å². The second-order valence-corrected chi connectivity index (χ2v) is 6.97. The zero-order chi connectivity index (χ0) is 19.1. The van der Waals surface area contributed by atoms with Crippen LogP contribution in [-0.2, 0) is 12.3 Å². The molecule has 0 radical (unpaired) electrons. The molecule has 140 valence electrons. The van der Waals surface area contributed by atoms with Crippen molar-refractivity contribution in [2.24, 2.45) is 0 Å². The van der Waals surface area contributed by atoms with Crippen LogP contribution in [0.3, 0.4) is 0 Å². The minimum Gasteiger partial charge on any atom is -0.361 e. The number of carbonyl (C=O) groups excluding carboxylic acids is 1. The van der Waals surface area contributed by atoms with Gasteiger partial charge in [0.1, 0.15) is 10.8 Å². The van der Waals surface area contributed by atoms with Gasteiger partial charge in [-0.05, 0) is 43.3 Å². The summed E-state index contributed by atoms with van der Waals surface area (Å²) in [6, 6.07) is 13.3. The van der Waals surface area contributed by atoms with Crippen LogP contribution in [0.25, 0.3) is 0 Å². The first kappa shape index (κ1) is 19.1. The van der Waals surface area contributed by atoms with Crippen LogP contribution in [0, 0.1) is 6.92 Å². The lowest BCUT2D eigenvalue weighted by Gasteiger charge is -2.10. The molecule has 0 saturated heterocycles. The summed E-state index contributed by atoms with van der Waals surface area (Å²) < 4.78 is 5.08. The maximum Gasteiger partial charge on any atom is 0.258 e. The highest BCUT2D eigenvalue weighted by molar-refractivity contribution is 7.98. The van der Waals surface area contributed by atoms with Crippen LogP contribution in [0.2, 0.25) is 0 Å². The zero-order valence-corrected chi connectivity index (χ0v) is 16.2. The molecule has 27 heavy (non-hydrogen) atoms. The van der Waals surface area contributed by atoms with Gasteiger partial charge in [-0.25, -0.2) is 4.98 Å². The van der Waals surface area contributed by atoms with E-state index in [1.165, 1.54) is 11.8 Å². The number of hydrogen-bond donors (Lipinski definition) is 2. The van der Waals surface area contributed by atoms with Crippen molar-refractivity contribution < 1.29 is 9.32 Å². The molecule has 0 saturated carbocycles. The first-order valence-corrected chi connectivity index (χ1v) is 9.75. The Bertz CT molecular complexity index is 910. The fourth-order valence-corrected chi connectivity index (χ4v) is 3.41. The average molecular weight is 382 g/mol. The minimum atomic E-state index is -0.178. The van der Waals surface area contributed by atoms with Crippen LogP contribution in [0.15, 0.2) is 58.2 Å². The largest absolute Gasteiger partial charge is 0.361 e. The summed E-state index contributed by atoms with van der Waals surface area (Å²) in [6.07, 6.45) is 1.68. The SMILES string of the molecule is CCNCc1cccc(NC(=O)c2cccnc2SCc2cc(C)on2)c1. The number of benzene rings is 1. The van der Waals surface area contributed by atoms with Crippen LogP contribution >= 0.6 is 11.8 Å². The topological polar surface area (TPSA) is 80.0 Å². The van der Waals surface area contributed by atoms with E-state index in [1.54, 1.807) is 18.3 Å². The summed E-state index contributed by atoms with van der Waals surface area (Å²) in [5.74, 6) is 1.18. The van der Waals surface area contributed by atoms with E-state index < -0.39 is 0 Å². The van der Waals surface area contributed by atoms with Gasteiger partial charge in [-0.15, -0.1) is 0 Å². The van der Waals surface area contributed by atoms with Crippen LogP contribution in [0.4, 0.5) is 5.69 Å². The molecule has 3 aromatic rings. The van der Waals surface area contributed by atoms with Gasteiger partial charge in [0.2, 0.25) is 0 Å². The third-order valence-corrected chi connectivity index (χ3v) is 4.85. The van der Waals surface area contributed by atoms with E-state index in [0.717, 1.165) is 35.8 Å². The molecule has 0 atom stereocenters. The molecule has 1 aromatic carbocycles. The van der Waals surface area contributed by atoms with Gasteiger partial charge in [0.25, 0.3) is 5.91 Å². The van der Waals surface area contributed by atoms with Crippen LogP contribution in [-0.4, -0.2) is 22.6 Å². The number of pyridine rings is 1. The number of nitrogens with zero attached hydrogens (tertiary/aromatic N) is 2. The molecule has 0 unspecified atom stereocenters. The molecule has 3 rings (SSSR count). The number of amides is 1. The number of carbonyl (C=O) groups is 1. The van der Waals surface area contributed by atoms with Crippen molar-refractivity contribution in [1.29, 1.82) is 0 Å². The maximum atomic E-state index is 12.8. The number of anilines is 1. The highest BCUT2D eigenvalue weighted by Gasteiger charge is 2.14. The first-order valence-electron chi connectivity index (χ1n) is 8.76. The lowest BCUT2D eigenvalue weighted by atomic mass is 10.2. The van der Waals surface area contributed by atoms with Crippen LogP contribution in [0.5, 0.6) is 0 Å². The summed E-state index contributed by atoms with van der Waals surface area (Å²) in [4.78, 5) is 17.1. The number of thioether (sulfide) groups is 1. The van der Waals surface area contributed by atoms with Crippen LogP contribution in [0.1, 0.15) is 34.3 Å². The van der Waals surface area contributed by atoms with Gasteiger partial charge in [-0.1, -0.05) is 36.0 Å². The average Bonchev–Trinajstić information content (AvgIpc) is 3.10. The summed E-state index contributed by atoms with van der Waals surface area (Å²) in [6.45, 7) is 5.59. The lowest BCUT2D eigenvalue weighted by Crippen LogP contribution is -2.15. The quantitative estimate of drug-likeness (QED) is 0.573. The first-order chi connectivity index (χ1) is 13.2. The number of aromatic nitrogens is 2. The molecular formula is C20H22N4O2S. The van der Waals surface area contributed by atoms with Gasteiger partial charge in [-0.3, -0.25) is 4.79 Å². The van der Waals surface area contributed by atoms with Crippen molar-refractivity contribution in [2.75, 3.05) is 11.9 Å². The molecule has 2 N–H and O–H groups in total. The summed E-state index contributed by atoms with van der Waals surface area (Å²) >= 11 is 1.46. The van der Waals surface area contributed by atoms with E-state index in [1.807, 2.05) is 37.3 Å². The van der Waals surface area contributed by atoms with E-state index in [2.05, 4.69) is 27.7 Å². The summed E-state index contributed by atoms with van der Waals surface area (Å²) in [7, 11) is 0. The summed E-state index contributed by atoms with van der Waals surface area (Å²) in [5.41, 5.74) is 3.25. The Balaban J connectivity index is 1.69. The van der Waals surface area contributed by atoms with E-state index in [4.69, 9.17) is 4.52 Å². The van der Waals surface area contributed by atoms with E-state index in [0.29, 0.717) is 16.3 Å². The van der Waals surface area contributed by atoms with Gasteiger partial charge >= 0.3 is 0 Å². The molecule has 0 bridgehead atoms. The molecule has 6 nitrogen and oxygen atoms in total. The predicted molar refractivity (Wildman–Crippen MR) is 107 cm³/mol. The fraction of sp³-hybridized carbons (Fsp3) is 0.250. The normalized spacial score (nSPS) is 10.7. The molecule has 0 spiro atoms. The maximum absolute atomic E-state index is 12.8. The molecule has 2 aromatic heterocycles. The standard InChI is InChI=1S/C20H22N4O2S/c1-3-21-12-15-6-4-7-16(11-15)23-19(25)18-8-5-9-22-20(18)27-13-17-10-14(2)26-24-17/h4-11,21H,3,12-13H2,1-2H3,(H,23,25). The monoisotopic (exact) mass is 382 g/mol. The number of rotatable bonds is 8. The molecule has 0 fully saturated rings. The smallest absolute Gasteiger partial charge is 0.258 e. The predicted octanol–water partition coefficient (Wildman–Crippen LogP) is 4.03. The Hall–Kier alpha value is -2.64. The molecule has 1 amide bonds. The molecule has 0 aliphatic rings.